The number of anilines is 1. The van der Waals surface area contributed by atoms with Crippen LogP contribution in [0.5, 0.6) is 0 Å². The van der Waals surface area contributed by atoms with E-state index in [9.17, 15) is 13.6 Å². The van der Waals surface area contributed by atoms with Crippen molar-refractivity contribution >= 4 is 11.8 Å². The summed E-state index contributed by atoms with van der Waals surface area (Å²) in [5, 5.41) is 11.8. The predicted molar refractivity (Wildman–Crippen MR) is 78.9 cm³/mol. The maximum Gasteiger partial charge on any atom is 0.405 e. The van der Waals surface area contributed by atoms with Gasteiger partial charge in [-0.3, -0.25) is 0 Å². The maximum absolute atomic E-state index is 13.3. The van der Waals surface area contributed by atoms with Crippen LogP contribution in [-0.4, -0.2) is 29.8 Å². The lowest BCUT2D eigenvalue weighted by atomic mass is 9.80. The minimum Gasteiger partial charge on any atom is -0.465 e. The van der Waals surface area contributed by atoms with Crippen molar-refractivity contribution in [2.45, 2.75) is 26.3 Å². The van der Waals surface area contributed by atoms with E-state index in [1.807, 2.05) is 25.7 Å². The van der Waals surface area contributed by atoms with Gasteiger partial charge >= 0.3 is 6.09 Å². The highest BCUT2D eigenvalue weighted by Gasteiger charge is 2.73. The van der Waals surface area contributed by atoms with Gasteiger partial charge in [0.25, 0.3) is 0 Å². The zero-order valence-corrected chi connectivity index (χ0v) is 12.9. The first-order valence-electron chi connectivity index (χ1n) is 7.37. The van der Waals surface area contributed by atoms with E-state index in [-0.39, 0.29) is 17.3 Å². The molecule has 4 nitrogen and oxygen atoms in total. The van der Waals surface area contributed by atoms with E-state index in [1.165, 1.54) is 12.1 Å². The Morgan fingerprint density at radius 3 is 2.14 bits per heavy atom. The van der Waals surface area contributed by atoms with Crippen LogP contribution in [0.4, 0.5) is 19.3 Å². The number of nitrogens with one attached hydrogen (secondary N) is 1. The van der Waals surface area contributed by atoms with Gasteiger partial charge < -0.3 is 15.3 Å². The molecule has 120 valence electrons. The molecule has 0 radical (unpaired) electrons. The Kier molecular flexibility index (Phi) is 3.13. The van der Waals surface area contributed by atoms with Crippen LogP contribution in [0.1, 0.15) is 20.8 Å². The topological polar surface area (TPSA) is 52.6 Å². The highest BCUT2D eigenvalue weighted by molar-refractivity contribution is 5.68. The molecule has 1 aromatic rings. The summed E-state index contributed by atoms with van der Waals surface area (Å²) in [7, 11) is 0. The summed E-state index contributed by atoms with van der Waals surface area (Å²) in [6, 6.07) is 3.49. The molecule has 2 unspecified atom stereocenters. The van der Waals surface area contributed by atoms with E-state index in [4.69, 9.17) is 5.11 Å². The molecule has 2 N–H and O–H groups in total. The summed E-state index contributed by atoms with van der Waals surface area (Å²) >= 11 is 0. The van der Waals surface area contributed by atoms with Crippen LogP contribution in [0.3, 0.4) is 0 Å². The van der Waals surface area contributed by atoms with Gasteiger partial charge in [0.15, 0.2) is 0 Å². The molecule has 1 aromatic carbocycles. The van der Waals surface area contributed by atoms with Crippen molar-refractivity contribution < 1.29 is 18.7 Å². The Labute approximate surface area is 128 Å². The molecule has 0 bridgehead atoms. The summed E-state index contributed by atoms with van der Waals surface area (Å²) in [4.78, 5) is 13.1. The molecule has 22 heavy (non-hydrogen) atoms. The summed E-state index contributed by atoms with van der Waals surface area (Å²) in [6.45, 7) is 7.27. The first-order valence-corrected chi connectivity index (χ1v) is 7.37. The standard InChI is InChI=1S/C16H20F2N2O2/c1-15(2,3)16(19-14(21)22)12-7-20(8-13(12)16)11-5-9(17)4-10(18)6-11/h4-6,12-13,19H,7-8H2,1-3H3,(H,21,22)/t12-,13?,16?/m0/s1. The van der Waals surface area contributed by atoms with Crippen LogP contribution in [0.2, 0.25) is 0 Å². The molecule has 1 saturated heterocycles. The largest absolute Gasteiger partial charge is 0.465 e. The number of carboxylic acid groups (broad SMARTS) is 1. The average Bonchev–Trinajstić information content (AvgIpc) is 2.78. The summed E-state index contributed by atoms with van der Waals surface area (Å²) in [6.07, 6.45) is -1.02. The quantitative estimate of drug-likeness (QED) is 0.882. The summed E-state index contributed by atoms with van der Waals surface area (Å²) < 4.78 is 26.7. The number of hydrogen-bond acceptors (Lipinski definition) is 2. The number of nitrogens with zero attached hydrogens (tertiary/aromatic N) is 1. The zero-order valence-electron chi connectivity index (χ0n) is 12.9. The second-order valence-electron chi connectivity index (χ2n) is 7.29. The van der Waals surface area contributed by atoms with Gasteiger partial charge in [-0.15, -0.1) is 0 Å². The number of fused-ring (bicyclic) bond motifs is 1. The van der Waals surface area contributed by atoms with Crippen molar-refractivity contribution in [2.24, 2.45) is 17.3 Å². The van der Waals surface area contributed by atoms with E-state index < -0.39 is 23.3 Å². The number of hydrogen-bond donors (Lipinski definition) is 2. The smallest absolute Gasteiger partial charge is 0.405 e. The van der Waals surface area contributed by atoms with E-state index in [2.05, 4.69) is 5.32 Å². The highest BCUT2D eigenvalue weighted by Crippen LogP contribution is 2.63. The average molecular weight is 310 g/mol. The van der Waals surface area contributed by atoms with Gasteiger partial charge in [-0.05, 0) is 17.5 Å². The third-order valence-electron chi connectivity index (χ3n) is 5.15. The number of piperidine rings is 1. The predicted octanol–water partition coefficient (Wildman–Crippen LogP) is 3.08. The molecular formula is C16H20F2N2O2. The first kappa shape index (κ1) is 15.1. The Hall–Kier alpha value is -1.85. The molecule has 6 heteroatoms. The lowest BCUT2D eigenvalue weighted by Gasteiger charge is -2.37. The van der Waals surface area contributed by atoms with Crippen molar-refractivity contribution in [2.75, 3.05) is 18.0 Å². The fraction of sp³-hybridized carbons (Fsp3) is 0.562. The third kappa shape index (κ3) is 2.12. The van der Waals surface area contributed by atoms with Crippen LogP contribution in [-0.2, 0) is 0 Å². The molecule has 1 aliphatic heterocycles. The molecule has 1 heterocycles. The van der Waals surface area contributed by atoms with Gasteiger partial charge in [-0.2, -0.15) is 0 Å². The van der Waals surface area contributed by atoms with Gasteiger partial charge in [0.1, 0.15) is 11.6 Å². The number of amides is 1. The fourth-order valence-electron chi connectivity index (χ4n) is 4.23. The molecule has 1 aliphatic carbocycles. The third-order valence-corrected chi connectivity index (χ3v) is 5.15. The van der Waals surface area contributed by atoms with Gasteiger partial charge in [0.05, 0.1) is 5.54 Å². The fourth-order valence-corrected chi connectivity index (χ4v) is 4.23. The molecule has 2 fully saturated rings. The van der Waals surface area contributed by atoms with Gasteiger partial charge in [-0.1, -0.05) is 20.8 Å². The first-order chi connectivity index (χ1) is 10.1. The van der Waals surface area contributed by atoms with Crippen LogP contribution in [0.15, 0.2) is 18.2 Å². The van der Waals surface area contributed by atoms with E-state index in [0.717, 1.165) is 6.07 Å². The lowest BCUT2D eigenvalue weighted by molar-refractivity contribution is 0.156. The Morgan fingerprint density at radius 1 is 1.23 bits per heavy atom. The molecule has 3 rings (SSSR count). The second kappa shape index (κ2) is 4.57. The van der Waals surface area contributed by atoms with Crippen molar-refractivity contribution in [1.29, 1.82) is 0 Å². The number of carbonyl (C=O) groups is 1. The van der Waals surface area contributed by atoms with Crippen LogP contribution in [0.25, 0.3) is 0 Å². The summed E-state index contributed by atoms with van der Waals surface area (Å²) in [5.41, 5.74) is -0.149. The van der Waals surface area contributed by atoms with Crippen LogP contribution in [0, 0.1) is 28.9 Å². The molecule has 2 aliphatic rings. The zero-order chi connectivity index (χ0) is 16.3. The van der Waals surface area contributed by atoms with Crippen molar-refractivity contribution in [3.63, 3.8) is 0 Å². The number of rotatable bonds is 2. The minimum atomic E-state index is -1.02. The lowest BCUT2D eigenvalue weighted by Crippen LogP contribution is -2.52. The monoisotopic (exact) mass is 310 g/mol. The molecule has 3 atom stereocenters. The summed E-state index contributed by atoms with van der Waals surface area (Å²) in [5.74, 6) is -0.868. The van der Waals surface area contributed by atoms with Crippen molar-refractivity contribution in [3.05, 3.63) is 29.8 Å². The molecule has 0 spiro atoms. The van der Waals surface area contributed by atoms with Crippen LogP contribution < -0.4 is 10.2 Å². The normalized spacial score (nSPS) is 30.1. The molecule has 1 saturated carbocycles. The van der Waals surface area contributed by atoms with E-state index in [1.54, 1.807) is 0 Å². The highest BCUT2D eigenvalue weighted by atomic mass is 19.1. The van der Waals surface area contributed by atoms with Crippen LogP contribution >= 0.6 is 0 Å². The second-order valence-corrected chi connectivity index (χ2v) is 7.29. The van der Waals surface area contributed by atoms with Gasteiger partial charge in [-0.25, -0.2) is 13.6 Å². The van der Waals surface area contributed by atoms with Crippen molar-refractivity contribution in [1.82, 2.24) is 5.32 Å². The number of halogens is 2. The Balaban J connectivity index is 1.81. The van der Waals surface area contributed by atoms with Gasteiger partial charge in [0.2, 0.25) is 0 Å². The number of benzene rings is 1. The van der Waals surface area contributed by atoms with E-state index in [0.29, 0.717) is 18.8 Å². The molecular weight excluding hydrogens is 290 g/mol. The van der Waals surface area contributed by atoms with E-state index >= 15 is 0 Å². The van der Waals surface area contributed by atoms with Crippen molar-refractivity contribution in [3.8, 4) is 0 Å². The maximum atomic E-state index is 13.3. The molecule has 1 amide bonds. The minimum absolute atomic E-state index is 0.162. The Morgan fingerprint density at radius 2 is 1.73 bits per heavy atom. The molecule has 0 aromatic heterocycles. The van der Waals surface area contributed by atoms with Gasteiger partial charge in [0, 0.05) is 36.7 Å². The SMILES string of the molecule is CC(C)(C)C1(NC(=O)O)C2CN(c3cc(F)cc(F)c3)C[C@@H]21. The Bertz CT molecular complexity index is 595.